The summed E-state index contributed by atoms with van der Waals surface area (Å²) in [7, 11) is -3.24. The average Bonchev–Trinajstić information content (AvgIpc) is 2.26. The summed E-state index contributed by atoms with van der Waals surface area (Å²) in [6.07, 6.45) is 0. The van der Waals surface area contributed by atoms with E-state index in [1.165, 1.54) is 0 Å². The van der Waals surface area contributed by atoms with E-state index in [4.69, 9.17) is 0 Å². The molecule has 0 saturated heterocycles. The molecule has 0 fully saturated rings. The molecule has 96 valence electrons. The van der Waals surface area contributed by atoms with E-state index in [0.29, 0.717) is 12.5 Å². The molecule has 1 N–H and O–H groups in total. The van der Waals surface area contributed by atoms with E-state index in [1.807, 2.05) is 44.2 Å². The molecular formula is C12H18BrNO2S. The van der Waals surface area contributed by atoms with E-state index in [1.54, 1.807) is 0 Å². The lowest BCUT2D eigenvalue weighted by molar-refractivity contribution is 0.562. The van der Waals surface area contributed by atoms with E-state index < -0.39 is 10.0 Å². The summed E-state index contributed by atoms with van der Waals surface area (Å²) >= 11 is 3.45. The number of sulfonamides is 1. The zero-order valence-electron chi connectivity index (χ0n) is 10.1. The molecule has 1 rings (SSSR count). The Morgan fingerprint density at radius 1 is 1.24 bits per heavy atom. The van der Waals surface area contributed by atoms with Crippen LogP contribution < -0.4 is 4.72 Å². The van der Waals surface area contributed by atoms with Crippen molar-refractivity contribution in [3.8, 4) is 0 Å². The number of halogens is 1. The summed E-state index contributed by atoms with van der Waals surface area (Å²) in [6.45, 7) is 4.52. The Morgan fingerprint density at radius 3 is 2.35 bits per heavy atom. The van der Waals surface area contributed by atoms with E-state index in [9.17, 15) is 8.42 Å². The van der Waals surface area contributed by atoms with Gasteiger partial charge in [-0.25, -0.2) is 13.1 Å². The largest absolute Gasteiger partial charge is 0.215 e. The molecule has 1 unspecified atom stereocenters. The van der Waals surface area contributed by atoms with Gasteiger partial charge in [0.2, 0.25) is 10.0 Å². The first kappa shape index (κ1) is 14.7. The molecule has 0 saturated carbocycles. The van der Waals surface area contributed by atoms with Crippen molar-refractivity contribution in [2.24, 2.45) is 5.92 Å². The molecule has 0 amide bonds. The van der Waals surface area contributed by atoms with Gasteiger partial charge in [-0.2, -0.15) is 0 Å². The predicted octanol–water partition coefficient (Wildman–Crippen LogP) is 2.53. The van der Waals surface area contributed by atoms with E-state index in [-0.39, 0.29) is 10.6 Å². The van der Waals surface area contributed by atoms with Gasteiger partial charge in [0.25, 0.3) is 0 Å². The highest BCUT2D eigenvalue weighted by molar-refractivity contribution is 9.09. The highest BCUT2D eigenvalue weighted by atomic mass is 79.9. The smallest absolute Gasteiger partial charge is 0.214 e. The maximum atomic E-state index is 11.8. The average molecular weight is 320 g/mol. The van der Waals surface area contributed by atoms with Crippen LogP contribution in [0.4, 0.5) is 0 Å². The van der Waals surface area contributed by atoms with Gasteiger partial charge in [0, 0.05) is 11.4 Å². The molecule has 0 aliphatic heterocycles. The van der Waals surface area contributed by atoms with E-state index in [2.05, 4.69) is 20.7 Å². The van der Waals surface area contributed by atoms with Crippen LogP contribution in [0.1, 0.15) is 19.4 Å². The number of rotatable bonds is 6. The van der Waals surface area contributed by atoms with Gasteiger partial charge in [-0.05, 0) is 11.5 Å². The van der Waals surface area contributed by atoms with E-state index in [0.717, 1.165) is 5.56 Å². The van der Waals surface area contributed by atoms with Crippen molar-refractivity contribution in [1.29, 1.82) is 0 Å². The third-order valence-electron chi connectivity index (χ3n) is 2.42. The summed E-state index contributed by atoms with van der Waals surface area (Å²) in [4.78, 5) is 0.160. The minimum absolute atomic E-state index is 0.0334. The molecule has 3 nitrogen and oxygen atoms in total. The van der Waals surface area contributed by atoms with Gasteiger partial charge in [0.05, 0.1) is 5.75 Å². The zero-order valence-corrected chi connectivity index (χ0v) is 12.5. The Bertz CT molecular complexity index is 431. The molecule has 1 aromatic carbocycles. The lowest BCUT2D eigenvalue weighted by Crippen LogP contribution is -2.32. The number of nitrogens with one attached hydrogen (secondary N) is 1. The minimum Gasteiger partial charge on any atom is -0.214 e. The van der Waals surface area contributed by atoms with Crippen molar-refractivity contribution in [2.45, 2.75) is 24.4 Å². The SMILES string of the molecule is CC(C)C(Br)CNS(=O)(=O)Cc1ccccc1. The first-order chi connectivity index (χ1) is 7.91. The van der Waals surface area contributed by atoms with Crippen molar-refractivity contribution >= 4 is 26.0 Å². The van der Waals surface area contributed by atoms with Crippen molar-refractivity contribution in [3.63, 3.8) is 0 Å². The molecule has 5 heteroatoms. The second-order valence-corrected chi connectivity index (χ2v) is 7.34. The van der Waals surface area contributed by atoms with Crippen molar-refractivity contribution in [2.75, 3.05) is 6.54 Å². The normalized spacial score (nSPS) is 13.9. The lowest BCUT2D eigenvalue weighted by Gasteiger charge is -2.14. The van der Waals surface area contributed by atoms with Gasteiger partial charge in [0.15, 0.2) is 0 Å². The monoisotopic (exact) mass is 319 g/mol. The summed E-state index contributed by atoms with van der Waals surface area (Å²) in [5, 5.41) is 0. The van der Waals surface area contributed by atoms with Crippen LogP contribution in [0.5, 0.6) is 0 Å². The second kappa shape index (κ2) is 6.52. The topological polar surface area (TPSA) is 46.2 Å². The molecule has 1 atom stereocenters. The molecule has 0 heterocycles. The standard InChI is InChI=1S/C12H18BrNO2S/c1-10(2)12(13)8-14-17(15,16)9-11-6-4-3-5-7-11/h3-7,10,12,14H,8-9H2,1-2H3. The molecule has 17 heavy (non-hydrogen) atoms. The van der Waals surface area contributed by atoms with Gasteiger partial charge >= 0.3 is 0 Å². The predicted molar refractivity (Wildman–Crippen MR) is 74.6 cm³/mol. The van der Waals surface area contributed by atoms with Crippen LogP contribution in [0.2, 0.25) is 0 Å². The van der Waals surface area contributed by atoms with Crippen LogP contribution in [0.15, 0.2) is 30.3 Å². The Morgan fingerprint density at radius 2 is 1.82 bits per heavy atom. The van der Waals surface area contributed by atoms with Crippen molar-refractivity contribution in [1.82, 2.24) is 4.72 Å². The van der Waals surface area contributed by atoms with Crippen molar-refractivity contribution in [3.05, 3.63) is 35.9 Å². The van der Waals surface area contributed by atoms with Crippen LogP contribution in [-0.2, 0) is 15.8 Å². The van der Waals surface area contributed by atoms with Crippen LogP contribution in [-0.4, -0.2) is 19.8 Å². The van der Waals surface area contributed by atoms with Gasteiger partial charge < -0.3 is 0 Å². The Labute approximate surface area is 112 Å². The molecule has 0 spiro atoms. The summed E-state index contributed by atoms with van der Waals surface area (Å²) in [5.41, 5.74) is 0.802. The fourth-order valence-corrected chi connectivity index (χ4v) is 2.83. The van der Waals surface area contributed by atoms with Gasteiger partial charge in [-0.15, -0.1) is 0 Å². The quantitative estimate of drug-likeness (QED) is 0.819. The third kappa shape index (κ3) is 5.66. The van der Waals surface area contributed by atoms with Crippen LogP contribution >= 0.6 is 15.9 Å². The third-order valence-corrected chi connectivity index (χ3v) is 5.12. The first-order valence-electron chi connectivity index (χ1n) is 5.56. The molecular weight excluding hydrogens is 302 g/mol. The maximum Gasteiger partial charge on any atom is 0.215 e. The zero-order chi connectivity index (χ0) is 12.9. The maximum absolute atomic E-state index is 11.8. The van der Waals surface area contributed by atoms with E-state index >= 15 is 0 Å². The molecule has 0 aliphatic rings. The Hall–Kier alpha value is -0.390. The lowest BCUT2D eigenvalue weighted by atomic mass is 10.1. The van der Waals surface area contributed by atoms with Gasteiger partial charge in [0.1, 0.15) is 0 Å². The van der Waals surface area contributed by atoms with Gasteiger partial charge in [-0.1, -0.05) is 60.1 Å². The number of hydrogen-bond donors (Lipinski definition) is 1. The molecule has 1 aromatic rings. The molecule has 0 bridgehead atoms. The summed E-state index contributed by atoms with van der Waals surface area (Å²) in [5.74, 6) is 0.431. The minimum atomic E-state index is -3.24. The fourth-order valence-electron chi connectivity index (χ4n) is 1.29. The Kier molecular flexibility index (Phi) is 5.62. The van der Waals surface area contributed by atoms with Crippen LogP contribution in [0, 0.1) is 5.92 Å². The molecule has 0 radical (unpaired) electrons. The molecule has 0 aliphatic carbocycles. The van der Waals surface area contributed by atoms with Gasteiger partial charge in [-0.3, -0.25) is 0 Å². The summed E-state index contributed by atoms with van der Waals surface area (Å²) < 4.78 is 26.2. The number of benzene rings is 1. The van der Waals surface area contributed by atoms with Crippen LogP contribution in [0.3, 0.4) is 0 Å². The second-order valence-electron chi connectivity index (χ2n) is 4.35. The highest BCUT2D eigenvalue weighted by Gasteiger charge is 2.15. The Balaban J connectivity index is 2.53. The molecule has 0 aromatic heterocycles. The van der Waals surface area contributed by atoms with Crippen molar-refractivity contribution < 1.29 is 8.42 Å². The number of hydrogen-bond acceptors (Lipinski definition) is 2. The number of alkyl halides is 1. The van der Waals surface area contributed by atoms with Crippen LogP contribution in [0.25, 0.3) is 0 Å². The highest BCUT2D eigenvalue weighted by Crippen LogP contribution is 2.11. The fraction of sp³-hybridized carbons (Fsp3) is 0.500. The summed E-state index contributed by atoms with van der Waals surface area (Å²) in [6, 6.07) is 9.18. The first-order valence-corrected chi connectivity index (χ1v) is 8.13.